The number of nitrogens with one attached hydrogen (secondary N) is 2. The molecule has 31 nitrogen and oxygen atoms in total. The predicted molar refractivity (Wildman–Crippen MR) is 463 cm³/mol. The summed E-state index contributed by atoms with van der Waals surface area (Å²) in [6.45, 7) is 10.1. The van der Waals surface area contributed by atoms with Crippen LogP contribution in [0.3, 0.4) is 0 Å². The normalized spacial score (nSPS) is 13.8. The molecule has 0 unspecified atom stereocenters. The van der Waals surface area contributed by atoms with Crippen LogP contribution >= 0.6 is 24.8 Å². The van der Waals surface area contributed by atoms with Crippen molar-refractivity contribution in [2.24, 2.45) is 35.1 Å². The molecule has 5 heterocycles. The van der Waals surface area contributed by atoms with E-state index < -0.39 is 69.1 Å². The number of benzene rings is 8. The SMILES string of the molecule is CC(=O)CN.CCN(Cc1ccc(-c2ccc3c(nnn3CC3CC3)c2C(F)(F)F)cc1)C(N)=O.CCNCc1ccc(-c2ccc3c(nnn3CC3CC3)c2C(F)(F)F)cc1.CS(=O)(=O)OCc1ccc(-c2ccc3c(nnn3CC3CC3)c2C(F)(F)F)cc1.Cl.Cl.O=C1CN(Cc2ccc(-c3ccc4c(nnn4CC4CC4)c3C(F)(F)F)cc2)C(=O)N1.O=C=O.O=C=O.[K+].[N-]=C=O. The van der Waals surface area contributed by atoms with Crippen LogP contribution in [0.15, 0.2) is 146 Å². The van der Waals surface area contributed by atoms with Gasteiger partial charge in [-0.1, -0.05) is 149 Å². The molecule has 17 rings (SSSR count). The second kappa shape index (κ2) is 48.7. The molecule has 5 aliphatic rings. The van der Waals surface area contributed by atoms with Crippen LogP contribution in [0.25, 0.3) is 94.1 Å². The van der Waals surface area contributed by atoms with Crippen LogP contribution in [0.1, 0.15) is 117 Å². The first-order valence-electron chi connectivity index (χ1n) is 40.7. The van der Waals surface area contributed by atoms with Gasteiger partial charge in [-0.3, -0.25) is 23.9 Å². The Kier molecular flexibility index (Phi) is 39.8. The summed E-state index contributed by atoms with van der Waals surface area (Å²) in [4.78, 5) is 87.6. The summed E-state index contributed by atoms with van der Waals surface area (Å²) in [5, 5.41) is 43.5. The molecular formula is C87H88Cl2F12KN19O12S. The number of Topliss-reactive ketones (excluding diaryl/α,β-unsaturated/α-hetero) is 1. The second-order valence-electron chi connectivity index (χ2n) is 31.0. The molecule has 5 amide bonds. The van der Waals surface area contributed by atoms with Crippen molar-refractivity contribution < 1.29 is 160 Å². The summed E-state index contributed by atoms with van der Waals surface area (Å²) in [6, 6.07) is 37.9. The van der Waals surface area contributed by atoms with Crippen molar-refractivity contribution >= 4 is 121 Å². The number of halogens is 14. The number of isocyanates is 1. The maximum atomic E-state index is 14.0. The molecule has 708 valence electrons. The average Bonchev–Trinajstić information content (AvgIpc) is 1.57. The minimum Gasteiger partial charge on any atom is -0.724 e. The van der Waals surface area contributed by atoms with Crippen molar-refractivity contribution in [1.29, 1.82) is 0 Å². The van der Waals surface area contributed by atoms with Gasteiger partial charge in [0.05, 0.1) is 63.7 Å². The topological polar surface area (TPSA) is 425 Å². The third-order valence-corrected chi connectivity index (χ3v) is 21.6. The fourth-order valence-corrected chi connectivity index (χ4v) is 14.3. The number of primary amides is 1. The first kappa shape index (κ1) is 110. The zero-order valence-corrected chi connectivity index (χ0v) is 77.9. The first-order valence-corrected chi connectivity index (χ1v) is 42.5. The van der Waals surface area contributed by atoms with E-state index in [9.17, 15) is 80.3 Å². The molecule has 4 aromatic heterocycles. The van der Waals surface area contributed by atoms with Crippen LogP contribution < -0.4 is 73.5 Å². The van der Waals surface area contributed by atoms with E-state index in [1.54, 1.807) is 106 Å². The molecule has 12 aromatic rings. The maximum absolute atomic E-state index is 14.0. The predicted octanol–water partition coefficient (Wildman–Crippen LogP) is 12.8. The maximum Gasteiger partial charge on any atom is 1.00 e. The summed E-state index contributed by atoms with van der Waals surface area (Å²) in [5.74, 6) is 1.55. The van der Waals surface area contributed by atoms with E-state index in [0.29, 0.717) is 131 Å². The quantitative estimate of drug-likeness (QED) is 0.0109. The fraction of sp³-hybridized carbons (Fsp3) is 0.368. The molecule has 1 saturated heterocycles. The Morgan fingerprint density at radius 3 is 1.01 bits per heavy atom. The molecule has 8 aromatic carbocycles. The zero-order chi connectivity index (χ0) is 95.5. The number of ketones is 1. The Balaban J connectivity index is 0.000000231. The van der Waals surface area contributed by atoms with Gasteiger partial charge in [0.25, 0.3) is 10.1 Å². The van der Waals surface area contributed by atoms with Crippen molar-refractivity contribution in [2.75, 3.05) is 32.4 Å². The number of carbonyl (C=O) groups is 4. The number of imide groups is 1. The number of nitrogens with two attached hydrogens (primary N) is 2. The van der Waals surface area contributed by atoms with E-state index in [0.717, 1.165) is 75.3 Å². The van der Waals surface area contributed by atoms with Crippen LogP contribution in [-0.4, -0.2) is 153 Å². The monoisotopic (exact) mass is 1960 g/mol. The first-order chi connectivity index (χ1) is 62.2. The van der Waals surface area contributed by atoms with Gasteiger partial charge in [0, 0.05) is 52.4 Å². The molecule has 0 atom stereocenters. The van der Waals surface area contributed by atoms with Gasteiger partial charge in [-0.05, 0) is 193 Å². The third-order valence-electron chi connectivity index (χ3n) is 21.1. The molecule has 0 radical (unpaired) electrons. The van der Waals surface area contributed by atoms with E-state index in [4.69, 9.17) is 45.0 Å². The van der Waals surface area contributed by atoms with Crippen LogP contribution in [-0.2, 0) is 125 Å². The van der Waals surface area contributed by atoms with Crippen LogP contribution in [0, 0.1) is 23.7 Å². The standard InChI is InChI=1S/C21H18F3N5O2.C21H22F3N5O.C20H21F3N4.C19H18F3N3O3S.C3H7NO.CNO.2CO2.2ClH.K/c22-21(23,24)18-15(7-8-16-19(18)26-27-29(16)10-13-1-2-13)14-5-3-12(4-6-14)9-28-11-17(30)25-20(28)31;1-2-28(20(25)30)11-13-5-7-15(8-6-13)16-9-10-17-19(18(16)21(22,23)24)26-27-29(17)12-14-3-4-14;1-2-24-11-13-5-7-15(8-6-13)16-9-10-17-19(18(16)20(21,22)23)25-26-27(17)12-14-3-4-14;1-29(26,27)28-11-13-4-6-14(7-5-13)15-8-9-16-18(17(15)19(20,21)22)23-24-25(16)10-12-2-3-12;1-3(5)2-4;3*2-1-3;;;/h3-8,13H,1-2,9-11H2,(H,25,30,31);5-10,14H,2-4,11-12H2,1H3,(H2,25,30);5-10,14,24H,2-4,11-12H2,1H3;4-9,12H,2-3,10-11H2,1H3;2,4H2,1H3;;;;2*1H;/q;;;;;-1;;;;;+1. The molecule has 47 heteroatoms. The number of alkyl halides is 12. The Morgan fingerprint density at radius 1 is 0.500 bits per heavy atom. The van der Waals surface area contributed by atoms with Crippen LogP contribution in [0.5, 0.6) is 0 Å². The molecule has 0 bridgehead atoms. The van der Waals surface area contributed by atoms with E-state index in [2.05, 4.69) is 51.9 Å². The fourth-order valence-electron chi connectivity index (χ4n) is 14.0. The number of hydrogen-bond acceptors (Lipinski definition) is 22. The molecule has 4 aliphatic carbocycles. The van der Waals surface area contributed by atoms with Crippen LogP contribution in [0.4, 0.5) is 62.3 Å². The minimum atomic E-state index is -4.60. The van der Waals surface area contributed by atoms with Crippen molar-refractivity contribution in [2.45, 2.75) is 149 Å². The largest absolute Gasteiger partial charge is 1.00 e. The number of hydrogen-bond donors (Lipinski definition) is 4. The Labute approximate surface area is 812 Å². The van der Waals surface area contributed by atoms with Crippen molar-refractivity contribution in [3.05, 3.63) is 196 Å². The van der Waals surface area contributed by atoms with Gasteiger partial charge in [0.15, 0.2) is 0 Å². The minimum absolute atomic E-state index is 0. The number of rotatable bonds is 24. The molecule has 4 saturated carbocycles. The summed E-state index contributed by atoms with van der Waals surface area (Å²) in [6.07, 6.45) is -7.76. The summed E-state index contributed by atoms with van der Waals surface area (Å²) in [7, 11) is -3.60. The van der Waals surface area contributed by atoms with Crippen molar-refractivity contribution in [3.8, 4) is 44.5 Å². The van der Waals surface area contributed by atoms with Gasteiger partial charge in [0.2, 0.25) is 5.91 Å². The van der Waals surface area contributed by atoms with E-state index in [1.807, 2.05) is 19.1 Å². The summed E-state index contributed by atoms with van der Waals surface area (Å²) < 4.78 is 201. The van der Waals surface area contributed by atoms with Crippen molar-refractivity contribution in [3.63, 3.8) is 0 Å². The number of urea groups is 2. The van der Waals surface area contributed by atoms with E-state index >= 15 is 0 Å². The van der Waals surface area contributed by atoms with Gasteiger partial charge < -0.3 is 32.0 Å². The van der Waals surface area contributed by atoms with E-state index in [-0.39, 0.29) is 171 Å². The van der Waals surface area contributed by atoms with Gasteiger partial charge >= 0.3 is 100 Å². The summed E-state index contributed by atoms with van der Waals surface area (Å²) >= 11 is 0. The second-order valence-corrected chi connectivity index (χ2v) is 32.7. The molecule has 134 heavy (non-hydrogen) atoms. The number of amides is 5. The zero-order valence-electron chi connectivity index (χ0n) is 72.3. The number of fused-ring (bicyclic) bond motifs is 4. The smallest absolute Gasteiger partial charge is 0.724 e. The van der Waals surface area contributed by atoms with Gasteiger partial charge in [0.1, 0.15) is 34.4 Å². The Hall–Kier alpha value is -11.4. The Morgan fingerprint density at radius 2 is 0.776 bits per heavy atom. The number of carbonyl (C=O) groups excluding carboxylic acids is 9. The number of aromatic nitrogens is 12. The van der Waals surface area contributed by atoms with E-state index in [1.165, 1.54) is 69.9 Å². The molecule has 6 N–H and O–H groups in total. The van der Waals surface area contributed by atoms with Crippen molar-refractivity contribution in [1.82, 2.24) is 80.4 Å². The molecule has 0 spiro atoms. The van der Waals surface area contributed by atoms with Gasteiger partial charge in [-0.2, -0.15) is 80.3 Å². The summed E-state index contributed by atoms with van der Waals surface area (Å²) in [5.41, 5.74) is 13.1. The average molecular weight is 1960 g/mol. The number of nitrogens with zero attached hydrogens (tertiary/aromatic N) is 15. The Bertz CT molecular complexity index is 6250. The van der Waals surface area contributed by atoms with Crippen LogP contribution in [0.2, 0.25) is 0 Å². The van der Waals surface area contributed by atoms with Gasteiger partial charge in [-0.25, -0.2) is 28.3 Å². The molecule has 5 fully saturated rings. The van der Waals surface area contributed by atoms with Gasteiger partial charge in [-0.15, -0.1) is 45.2 Å². The molecule has 1 aliphatic heterocycles. The molecular weight excluding hydrogens is 1870 g/mol. The third kappa shape index (κ3) is 30.3.